The third-order valence-corrected chi connectivity index (χ3v) is 4.22. The van der Waals surface area contributed by atoms with Crippen molar-refractivity contribution in [2.45, 2.75) is 57.3 Å². The maximum absolute atomic E-state index is 12.2. The smallest absolute Gasteiger partial charge is 0.343 e. The number of halogens is 3. The Morgan fingerprint density at radius 1 is 1.35 bits per heavy atom. The van der Waals surface area contributed by atoms with Gasteiger partial charge in [0.05, 0.1) is 0 Å². The zero-order chi connectivity index (χ0) is 15.1. The van der Waals surface area contributed by atoms with Gasteiger partial charge in [-0.05, 0) is 39.0 Å². The van der Waals surface area contributed by atoms with Gasteiger partial charge >= 0.3 is 6.18 Å². The Balaban J connectivity index is 2.11. The van der Waals surface area contributed by atoms with E-state index in [9.17, 15) is 22.8 Å². The van der Waals surface area contributed by atoms with E-state index in [1.54, 1.807) is 13.8 Å². The molecule has 7 heteroatoms. The largest absolute Gasteiger partial charge is 0.389 e. The van der Waals surface area contributed by atoms with Gasteiger partial charge in [0.15, 0.2) is 0 Å². The second-order valence-electron chi connectivity index (χ2n) is 5.83. The van der Waals surface area contributed by atoms with E-state index in [0.29, 0.717) is 0 Å². The molecule has 1 saturated heterocycles. The van der Waals surface area contributed by atoms with Crippen molar-refractivity contribution in [2.75, 3.05) is 6.54 Å². The van der Waals surface area contributed by atoms with Gasteiger partial charge in [-0.25, -0.2) is 0 Å². The normalized spacial score (nSPS) is 31.4. The van der Waals surface area contributed by atoms with E-state index in [1.165, 1.54) is 4.90 Å². The van der Waals surface area contributed by atoms with Crippen molar-refractivity contribution in [3.63, 3.8) is 0 Å². The minimum Gasteiger partial charge on any atom is -0.343 e. The summed E-state index contributed by atoms with van der Waals surface area (Å²) in [6, 6.07) is -0.666. The maximum Gasteiger partial charge on any atom is 0.389 e. The van der Waals surface area contributed by atoms with Crippen LogP contribution in [0.25, 0.3) is 0 Å². The lowest BCUT2D eigenvalue weighted by Gasteiger charge is -2.46. The predicted molar refractivity (Wildman–Crippen MR) is 65.7 cm³/mol. The van der Waals surface area contributed by atoms with Crippen molar-refractivity contribution in [3.8, 4) is 0 Å². The summed E-state index contributed by atoms with van der Waals surface area (Å²) in [6.45, 7) is 3.20. The number of piperazine rings is 1. The van der Waals surface area contributed by atoms with Crippen LogP contribution in [-0.4, -0.2) is 41.0 Å². The quantitative estimate of drug-likeness (QED) is 0.859. The summed E-state index contributed by atoms with van der Waals surface area (Å²) in [7, 11) is 0. The van der Waals surface area contributed by atoms with E-state index in [1.807, 2.05) is 0 Å². The lowest BCUT2D eigenvalue weighted by Crippen LogP contribution is -2.70. The molecule has 1 aliphatic carbocycles. The molecule has 1 saturated carbocycles. The standard InChI is InChI=1S/C13H19F3N2O2/c1-8-10(19)18(7-3-6-13(14,15)16)12(2,9-4-5-9)11(20)17-8/h8-9H,3-7H2,1-2H3,(H,17,20). The number of hydrogen-bond donors (Lipinski definition) is 1. The first-order valence-corrected chi connectivity index (χ1v) is 6.85. The van der Waals surface area contributed by atoms with Gasteiger partial charge in [-0.3, -0.25) is 9.59 Å². The number of carbonyl (C=O) groups is 2. The van der Waals surface area contributed by atoms with E-state index in [-0.39, 0.29) is 30.7 Å². The molecule has 4 nitrogen and oxygen atoms in total. The van der Waals surface area contributed by atoms with E-state index in [2.05, 4.69) is 5.32 Å². The van der Waals surface area contributed by atoms with Crippen LogP contribution in [0.15, 0.2) is 0 Å². The predicted octanol–water partition coefficient (Wildman–Crippen LogP) is 1.84. The minimum atomic E-state index is -4.23. The van der Waals surface area contributed by atoms with E-state index >= 15 is 0 Å². The summed E-state index contributed by atoms with van der Waals surface area (Å²) in [5.41, 5.74) is -0.991. The molecule has 1 heterocycles. The highest BCUT2D eigenvalue weighted by Gasteiger charge is 2.56. The van der Waals surface area contributed by atoms with E-state index in [4.69, 9.17) is 0 Å². The molecule has 0 bridgehead atoms. The highest BCUT2D eigenvalue weighted by molar-refractivity contribution is 5.99. The molecule has 114 valence electrons. The first-order chi connectivity index (χ1) is 9.16. The Morgan fingerprint density at radius 3 is 2.45 bits per heavy atom. The summed E-state index contributed by atoms with van der Waals surface area (Å²) >= 11 is 0. The number of nitrogens with zero attached hydrogens (tertiary/aromatic N) is 1. The van der Waals surface area contributed by atoms with Crippen molar-refractivity contribution < 1.29 is 22.8 Å². The van der Waals surface area contributed by atoms with Crippen LogP contribution in [0.5, 0.6) is 0 Å². The first kappa shape index (κ1) is 15.1. The molecule has 2 fully saturated rings. The van der Waals surface area contributed by atoms with Crippen LogP contribution in [0, 0.1) is 5.92 Å². The number of carbonyl (C=O) groups excluding carboxylic acids is 2. The molecule has 0 radical (unpaired) electrons. The van der Waals surface area contributed by atoms with Crippen LogP contribution >= 0.6 is 0 Å². The van der Waals surface area contributed by atoms with Crippen LogP contribution < -0.4 is 5.32 Å². The fourth-order valence-electron chi connectivity index (χ4n) is 2.82. The zero-order valence-corrected chi connectivity index (χ0v) is 11.6. The number of amides is 2. The Kier molecular flexibility index (Phi) is 3.73. The minimum absolute atomic E-state index is 0.0247. The third-order valence-electron chi connectivity index (χ3n) is 4.22. The molecule has 2 atom stereocenters. The Hall–Kier alpha value is -1.27. The topological polar surface area (TPSA) is 49.4 Å². The monoisotopic (exact) mass is 292 g/mol. The van der Waals surface area contributed by atoms with Crippen molar-refractivity contribution in [1.82, 2.24) is 10.2 Å². The van der Waals surface area contributed by atoms with Crippen LogP contribution in [-0.2, 0) is 9.59 Å². The Bertz CT molecular complexity index is 420. The number of rotatable bonds is 4. The number of hydrogen-bond acceptors (Lipinski definition) is 2. The third kappa shape index (κ3) is 2.76. The molecule has 20 heavy (non-hydrogen) atoms. The lowest BCUT2D eigenvalue weighted by atomic mass is 9.88. The average molecular weight is 292 g/mol. The summed E-state index contributed by atoms with van der Waals surface area (Å²) in [5, 5.41) is 2.63. The molecule has 0 spiro atoms. The zero-order valence-electron chi connectivity index (χ0n) is 11.6. The van der Waals surface area contributed by atoms with Crippen molar-refractivity contribution in [1.29, 1.82) is 0 Å². The van der Waals surface area contributed by atoms with Crippen molar-refractivity contribution in [3.05, 3.63) is 0 Å². The molecule has 2 aliphatic rings. The Labute approximate surface area is 115 Å². The second-order valence-corrected chi connectivity index (χ2v) is 5.83. The van der Waals surface area contributed by atoms with Gasteiger partial charge in [-0.15, -0.1) is 0 Å². The molecule has 0 aromatic heterocycles. The average Bonchev–Trinajstić information content (AvgIpc) is 3.14. The van der Waals surface area contributed by atoms with Crippen LogP contribution in [0.2, 0.25) is 0 Å². The van der Waals surface area contributed by atoms with Crippen molar-refractivity contribution in [2.24, 2.45) is 5.92 Å². The molecule has 0 aromatic carbocycles. The molecular formula is C13H19F3N2O2. The highest BCUT2D eigenvalue weighted by atomic mass is 19.4. The van der Waals surface area contributed by atoms with Gasteiger partial charge in [0, 0.05) is 13.0 Å². The molecule has 2 amide bonds. The number of nitrogens with one attached hydrogen (secondary N) is 1. The molecule has 1 N–H and O–H groups in total. The molecular weight excluding hydrogens is 273 g/mol. The summed E-state index contributed by atoms with van der Waals surface area (Å²) < 4.78 is 36.7. The van der Waals surface area contributed by atoms with Crippen LogP contribution in [0.4, 0.5) is 13.2 Å². The summed E-state index contributed by atoms with van der Waals surface area (Å²) in [6.07, 6.45) is -3.67. The molecule has 2 unspecified atom stereocenters. The fourth-order valence-corrected chi connectivity index (χ4v) is 2.82. The van der Waals surface area contributed by atoms with Gasteiger partial charge in [0.2, 0.25) is 11.8 Å². The maximum atomic E-state index is 12.2. The molecule has 0 aromatic rings. The first-order valence-electron chi connectivity index (χ1n) is 6.85. The van der Waals surface area contributed by atoms with E-state index in [0.717, 1.165) is 12.8 Å². The fraction of sp³-hybridized carbons (Fsp3) is 0.846. The second kappa shape index (κ2) is 4.93. The van der Waals surface area contributed by atoms with Gasteiger partial charge in [-0.2, -0.15) is 13.2 Å². The highest BCUT2D eigenvalue weighted by Crippen LogP contribution is 2.45. The van der Waals surface area contributed by atoms with Gasteiger partial charge in [-0.1, -0.05) is 0 Å². The van der Waals surface area contributed by atoms with E-state index < -0.39 is 24.2 Å². The van der Waals surface area contributed by atoms with Gasteiger partial charge in [0.1, 0.15) is 11.6 Å². The summed E-state index contributed by atoms with van der Waals surface area (Å²) in [5.74, 6) is -0.481. The lowest BCUT2D eigenvalue weighted by molar-refractivity contribution is -0.159. The number of alkyl halides is 3. The molecule has 1 aliphatic heterocycles. The van der Waals surface area contributed by atoms with Gasteiger partial charge in [0.25, 0.3) is 0 Å². The SMILES string of the molecule is CC1NC(=O)C(C)(C2CC2)N(CCCC(F)(F)F)C1=O. The summed E-state index contributed by atoms with van der Waals surface area (Å²) in [4.78, 5) is 25.8. The van der Waals surface area contributed by atoms with Gasteiger partial charge < -0.3 is 10.2 Å². The van der Waals surface area contributed by atoms with Crippen LogP contribution in [0.3, 0.4) is 0 Å². The Morgan fingerprint density at radius 2 is 1.95 bits per heavy atom. The molecule has 2 rings (SSSR count). The van der Waals surface area contributed by atoms with Crippen molar-refractivity contribution >= 4 is 11.8 Å². The van der Waals surface area contributed by atoms with Crippen LogP contribution in [0.1, 0.15) is 39.5 Å².